The zero-order valence-electron chi connectivity index (χ0n) is 17.2. The largest absolute Gasteiger partial charge is 0.493 e. The molecule has 8 nitrogen and oxygen atoms in total. The fraction of sp³-hybridized carbons (Fsp3) is 0.0909. The number of carbonyl (C=O) groups is 1. The summed E-state index contributed by atoms with van der Waals surface area (Å²) in [5.41, 5.74) is 1.54. The van der Waals surface area contributed by atoms with E-state index >= 15 is 0 Å². The van der Waals surface area contributed by atoms with E-state index < -0.39 is 10.0 Å². The van der Waals surface area contributed by atoms with E-state index in [1.54, 1.807) is 42.5 Å². The van der Waals surface area contributed by atoms with Crippen LogP contribution in [0.1, 0.15) is 10.4 Å². The topological polar surface area (TPSA) is 107 Å². The monoisotopic (exact) mass is 469 g/mol. The minimum atomic E-state index is -3.86. The van der Waals surface area contributed by atoms with Gasteiger partial charge in [0.25, 0.3) is 15.9 Å². The Hall–Kier alpha value is -3.63. The fourth-order valence-electron chi connectivity index (χ4n) is 3.00. The van der Waals surface area contributed by atoms with Crippen LogP contribution in [0, 0.1) is 0 Å². The van der Waals surface area contributed by atoms with Crippen molar-refractivity contribution < 1.29 is 22.7 Å². The third-order valence-electron chi connectivity index (χ3n) is 4.56. The Morgan fingerprint density at radius 1 is 0.938 bits per heavy atom. The van der Waals surface area contributed by atoms with Gasteiger partial charge in [-0.2, -0.15) is 0 Å². The molecule has 0 aliphatic carbocycles. The average Bonchev–Trinajstić information content (AvgIpc) is 3.20. The summed E-state index contributed by atoms with van der Waals surface area (Å²) in [5, 5.41) is 3.19. The Bertz CT molecular complexity index is 1390. The van der Waals surface area contributed by atoms with E-state index in [4.69, 9.17) is 9.47 Å². The van der Waals surface area contributed by atoms with E-state index in [1.807, 2.05) is 6.07 Å². The van der Waals surface area contributed by atoms with E-state index in [-0.39, 0.29) is 10.8 Å². The number of fused-ring (bicyclic) bond motifs is 1. The molecule has 0 saturated heterocycles. The first-order valence-corrected chi connectivity index (χ1v) is 11.7. The number of thiazole rings is 1. The quantitative estimate of drug-likeness (QED) is 0.416. The maximum Gasteiger partial charge on any atom is 0.262 e. The number of methoxy groups -OCH3 is 2. The molecule has 4 aromatic rings. The number of sulfonamides is 1. The molecule has 0 aliphatic heterocycles. The molecule has 3 aromatic carbocycles. The van der Waals surface area contributed by atoms with E-state index in [0.717, 1.165) is 4.70 Å². The Kier molecular flexibility index (Phi) is 5.97. The number of anilines is 2. The van der Waals surface area contributed by atoms with Crippen molar-refractivity contribution in [1.29, 1.82) is 0 Å². The molecule has 0 spiro atoms. The summed E-state index contributed by atoms with van der Waals surface area (Å²) < 4.78 is 39.3. The van der Waals surface area contributed by atoms with E-state index in [1.165, 1.54) is 43.8 Å². The molecule has 2 N–H and O–H groups in total. The Labute approximate surface area is 188 Å². The van der Waals surface area contributed by atoms with Crippen molar-refractivity contribution in [2.45, 2.75) is 4.90 Å². The molecule has 0 saturated carbocycles. The lowest BCUT2D eigenvalue weighted by Gasteiger charge is -2.11. The Balaban J connectivity index is 1.56. The van der Waals surface area contributed by atoms with Gasteiger partial charge in [-0.15, -0.1) is 0 Å². The number of hydrogen-bond acceptors (Lipinski definition) is 7. The van der Waals surface area contributed by atoms with Crippen LogP contribution in [0.3, 0.4) is 0 Å². The summed E-state index contributed by atoms with van der Waals surface area (Å²) >= 11 is 1.25. The summed E-state index contributed by atoms with van der Waals surface area (Å²) in [6.45, 7) is 0. The van der Waals surface area contributed by atoms with Gasteiger partial charge in [-0.05, 0) is 42.5 Å². The molecule has 4 rings (SSSR count). The second-order valence-electron chi connectivity index (χ2n) is 6.64. The van der Waals surface area contributed by atoms with Gasteiger partial charge in [-0.25, -0.2) is 13.4 Å². The standard InChI is InChI=1S/C22H19N3O5S2/c1-29-18-11-9-16(13-19(18)30-2)32(27,28)25-15-8-10-17-20(12-15)31-22(23-17)24-21(26)14-6-4-3-5-7-14/h3-13,25H,1-2H3,(H,23,24,26). The summed E-state index contributed by atoms with van der Waals surface area (Å²) in [6.07, 6.45) is 0. The maximum atomic E-state index is 12.8. The van der Waals surface area contributed by atoms with Gasteiger partial charge in [0.1, 0.15) is 0 Å². The number of ether oxygens (including phenoxy) is 2. The molecule has 32 heavy (non-hydrogen) atoms. The van der Waals surface area contributed by atoms with Crippen molar-refractivity contribution in [1.82, 2.24) is 4.98 Å². The number of nitrogens with zero attached hydrogens (tertiary/aromatic N) is 1. The molecular weight excluding hydrogens is 450 g/mol. The predicted octanol–water partition coefficient (Wildman–Crippen LogP) is 4.37. The highest BCUT2D eigenvalue weighted by molar-refractivity contribution is 7.92. The van der Waals surface area contributed by atoms with Crippen LogP contribution in [-0.2, 0) is 10.0 Å². The summed E-state index contributed by atoms with van der Waals surface area (Å²) in [5.74, 6) is 0.480. The fourth-order valence-corrected chi connectivity index (χ4v) is 4.96. The van der Waals surface area contributed by atoms with Crippen LogP contribution < -0.4 is 19.5 Å². The number of amides is 1. The van der Waals surface area contributed by atoms with E-state index in [9.17, 15) is 13.2 Å². The highest BCUT2D eigenvalue weighted by atomic mass is 32.2. The Morgan fingerprint density at radius 3 is 2.41 bits per heavy atom. The lowest BCUT2D eigenvalue weighted by atomic mass is 10.2. The molecule has 0 bridgehead atoms. The second-order valence-corrected chi connectivity index (χ2v) is 9.36. The molecule has 10 heteroatoms. The minimum Gasteiger partial charge on any atom is -0.493 e. The van der Waals surface area contributed by atoms with Crippen LogP contribution in [0.4, 0.5) is 10.8 Å². The van der Waals surface area contributed by atoms with E-state index in [2.05, 4.69) is 15.0 Å². The molecule has 0 unspecified atom stereocenters. The third kappa shape index (κ3) is 4.51. The SMILES string of the molecule is COc1ccc(S(=O)(=O)Nc2ccc3nc(NC(=O)c4ccccc4)sc3c2)cc1OC. The summed E-state index contributed by atoms with van der Waals surface area (Å²) in [7, 11) is -0.944. The second kappa shape index (κ2) is 8.85. The Morgan fingerprint density at radius 2 is 1.69 bits per heavy atom. The van der Waals surface area contributed by atoms with Gasteiger partial charge in [0.2, 0.25) is 0 Å². The van der Waals surface area contributed by atoms with Crippen molar-refractivity contribution in [2.75, 3.05) is 24.3 Å². The molecule has 1 heterocycles. The normalized spacial score (nSPS) is 11.2. The van der Waals surface area contributed by atoms with Gasteiger partial charge in [-0.3, -0.25) is 14.8 Å². The van der Waals surface area contributed by atoms with Gasteiger partial charge in [0.15, 0.2) is 16.6 Å². The van der Waals surface area contributed by atoms with Gasteiger partial charge < -0.3 is 9.47 Å². The molecule has 164 valence electrons. The highest BCUT2D eigenvalue weighted by Gasteiger charge is 2.18. The van der Waals surface area contributed by atoms with Crippen molar-refractivity contribution in [3.8, 4) is 11.5 Å². The molecule has 0 fully saturated rings. The van der Waals surface area contributed by atoms with E-state index in [0.29, 0.717) is 33.4 Å². The van der Waals surface area contributed by atoms with Crippen LogP contribution in [0.15, 0.2) is 71.6 Å². The summed E-state index contributed by atoms with van der Waals surface area (Å²) in [6, 6.07) is 18.2. The predicted molar refractivity (Wildman–Crippen MR) is 124 cm³/mol. The smallest absolute Gasteiger partial charge is 0.262 e. The maximum absolute atomic E-state index is 12.8. The van der Waals surface area contributed by atoms with Crippen LogP contribution in [0.2, 0.25) is 0 Å². The molecular formula is C22H19N3O5S2. The van der Waals surface area contributed by atoms with Crippen LogP contribution in [0.25, 0.3) is 10.2 Å². The van der Waals surface area contributed by atoms with Gasteiger partial charge in [0.05, 0.1) is 35.0 Å². The number of hydrogen-bond donors (Lipinski definition) is 2. The van der Waals surface area contributed by atoms with Gasteiger partial charge in [0, 0.05) is 11.6 Å². The van der Waals surface area contributed by atoms with Crippen LogP contribution >= 0.6 is 11.3 Å². The average molecular weight is 470 g/mol. The third-order valence-corrected chi connectivity index (χ3v) is 6.87. The first-order chi connectivity index (χ1) is 15.4. The number of nitrogens with one attached hydrogen (secondary N) is 2. The first-order valence-electron chi connectivity index (χ1n) is 9.41. The lowest BCUT2D eigenvalue weighted by Crippen LogP contribution is -2.13. The highest BCUT2D eigenvalue weighted by Crippen LogP contribution is 2.32. The number of rotatable bonds is 7. The van der Waals surface area contributed by atoms with Gasteiger partial charge >= 0.3 is 0 Å². The molecule has 0 radical (unpaired) electrons. The molecule has 0 aliphatic rings. The molecule has 1 aromatic heterocycles. The van der Waals surface area contributed by atoms with Crippen LogP contribution in [0.5, 0.6) is 11.5 Å². The number of aromatic nitrogens is 1. The number of benzene rings is 3. The zero-order valence-corrected chi connectivity index (χ0v) is 18.8. The first kappa shape index (κ1) is 21.6. The van der Waals surface area contributed by atoms with Gasteiger partial charge in [-0.1, -0.05) is 29.5 Å². The minimum absolute atomic E-state index is 0.0374. The van der Waals surface area contributed by atoms with Crippen molar-refractivity contribution in [3.63, 3.8) is 0 Å². The lowest BCUT2D eigenvalue weighted by molar-refractivity contribution is 0.102. The van der Waals surface area contributed by atoms with Crippen molar-refractivity contribution >= 4 is 48.3 Å². The van der Waals surface area contributed by atoms with Crippen LogP contribution in [-0.4, -0.2) is 33.5 Å². The van der Waals surface area contributed by atoms with Crippen molar-refractivity contribution in [3.05, 3.63) is 72.3 Å². The van der Waals surface area contributed by atoms with Crippen molar-refractivity contribution in [2.24, 2.45) is 0 Å². The zero-order chi connectivity index (χ0) is 22.7. The summed E-state index contributed by atoms with van der Waals surface area (Å²) in [4.78, 5) is 16.8. The molecule has 0 atom stereocenters. The molecule has 1 amide bonds. The number of carbonyl (C=O) groups excluding carboxylic acids is 1.